The van der Waals surface area contributed by atoms with Crippen LogP contribution in [0.5, 0.6) is 5.75 Å². The van der Waals surface area contributed by atoms with Crippen molar-refractivity contribution in [2.75, 3.05) is 6.61 Å². The number of benzene rings is 3. The van der Waals surface area contributed by atoms with E-state index in [1.54, 1.807) is 42.5 Å². The molecule has 0 spiro atoms. The molecule has 0 unspecified atom stereocenters. The normalized spacial score (nSPS) is 10.7. The Morgan fingerprint density at radius 3 is 2.47 bits per heavy atom. The quantitative estimate of drug-likeness (QED) is 0.399. The van der Waals surface area contributed by atoms with Crippen LogP contribution in [-0.4, -0.2) is 12.6 Å². The standard InChI is InChI=1S/C24H17ClO5/c25-18-8-6-17(7-9-18)23-13-21(26)20-12-19(10-11-22(20)30-23)28-15-24(27)29-14-16-4-2-1-3-5-16/h1-13H,14-15H2. The molecule has 3 aromatic carbocycles. The first-order chi connectivity index (χ1) is 14.6. The number of halogens is 1. The van der Waals surface area contributed by atoms with Crippen LogP contribution in [0.4, 0.5) is 0 Å². The lowest BCUT2D eigenvalue weighted by Crippen LogP contribution is -2.14. The van der Waals surface area contributed by atoms with Gasteiger partial charge in [-0.15, -0.1) is 0 Å². The van der Waals surface area contributed by atoms with E-state index in [4.69, 9.17) is 25.5 Å². The number of esters is 1. The van der Waals surface area contributed by atoms with Gasteiger partial charge in [0.05, 0.1) is 5.39 Å². The topological polar surface area (TPSA) is 65.7 Å². The summed E-state index contributed by atoms with van der Waals surface area (Å²) in [4.78, 5) is 24.5. The smallest absolute Gasteiger partial charge is 0.344 e. The average molecular weight is 421 g/mol. The van der Waals surface area contributed by atoms with Gasteiger partial charge in [0, 0.05) is 16.7 Å². The van der Waals surface area contributed by atoms with Crippen LogP contribution in [0.2, 0.25) is 5.02 Å². The van der Waals surface area contributed by atoms with Crippen molar-refractivity contribution in [3.63, 3.8) is 0 Å². The number of ether oxygens (including phenoxy) is 2. The monoisotopic (exact) mass is 420 g/mol. The predicted octanol–water partition coefficient (Wildman–Crippen LogP) is 5.24. The lowest BCUT2D eigenvalue weighted by molar-refractivity contribution is -0.147. The second-order valence-electron chi connectivity index (χ2n) is 6.57. The molecule has 1 aromatic heterocycles. The molecule has 0 N–H and O–H groups in total. The van der Waals surface area contributed by atoms with E-state index in [1.807, 2.05) is 30.3 Å². The van der Waals surface area contributed by atoms with E-state index < -0.39 is 5.97 Å². The molecule has 0 aliphatic carbocycles. The second-order valence-corrected chi connectivity index (χ2v) is 7.01. The molecule has 0 atom stereocenters. The Balaban J connectivity index is 1.45. The molecule has 6 heteroatoms. The van der Waals surface area contributed by atoms with Crippen molar-refractivity contribution in [2.45, 2.75) is 6.61 Å². The van der Waals surface area contributed by atoms with Crippen LogP contribution in [-0.2, 0) is 16.1 Å². The van der Waals surface area contributed by atoms with Crippen LogP contribution < -0.4 is 10.2 Å². The third-order valence-corrected chi connectivity index (χ3v) is 4.68. The summed E-state index contributed by atoms with van der Waals surface area (Å²) in [5, 5.41) is 0.967. The van der Waals surface area contributed by atoms with Crippen molar-refractivity contribution in [1.29, 1.82) is 0 Å². The van der Waals surface area contributed by atoms with Gasteiger partial charge in [0.1, 0.15) is 23.7 Å². The average Bonchev–Trinajstić information content (AvgIpc) is 2.77. The molecule has 0 radical (unpaired) electrons. The van der Waals surface area contributed by atoms with Gasteiger partial charge in [-0.25, -0.2) is 4.79 Å². The Labute approximate surface area is 177 Å². The molecule has 4 rings (SSSR count). The van der Waals surface area contributed by atoms with Gasteiger partial charge in [0.2, 0.25) is 0 Å². The number of carbonyl (C=O) groups excluding carboxylic acids is 1. The first-order valence-corrected chi connectivity index (χ1v) is 9.62. The number of hydrogen-bond donors (Lipinski definition) is 0. The first kappa shape index (κ1) is 19.7. The maximum absolute atomic E-state index is 12.6. The largest absolute Gasteiger partial charge is 0.482 e. The Hall–Kier alpha value is -3.57. The van der Waals surface area contributed by atoms with Crippen molar-refractivity contribution >= 4 is 28.5 Å². The number of rotatable bonds is 6. The van der Waals surface area contributed by atoms with E-state index in [1.165, 1.54) is 6.07 Å². The molecule has 0 aliphatic heterocycles. The van der Waals surface area contributed by atoms with Gasteiger partial charge < -0.3 is 13.9 Å². The molecule has 0 fully saturated rings. The SMILES string of the molecule is O=C(COc1ccc2oc(-c3ccc(Cl)cc3)cc(=O)c2c1)OCc1ccccc1. The van der Waals surface area contributed by atoms with Crippen LogP contribution >= 0.6 is 11.6 Å². The molecule has 1 heterocycles. The minimum Gasteiger partial charge on any atom is -0.482 e. The van der Waals surface area contributed by atoms with Crippen LogP contribution in [0.3, 0.4) is 0 Å². The zero-order valence-corrected chi connectivity index (χ0v) is 16.6. The summed E-state index contributed by atoms with van der Waals surface area (Å²) in [5.41, 5.74) is 1.86. The molecule has 0 aliphatic rings. The number of fused-ring (bicyclic) bond motifs is 1. The Morgan fingerprint density at radius 2 is 1.70 bits per heavy atom. The van der Waals surface area contributed by atoms with Gasteiger partial charge in [-0.3, -0.25) is 4.79 Å². The third-order valence-electron chi connectivity index (χ3n) is 4.43. The van der Waals surface area contributed by atoms with E-state index in [-0.39, 0.29) is 18.6 Å². The van der Waals surface area contributed by atoms with E-state index in [0.717, 1.165) is 11.1 Å². The van der Waals surface area contributed by atoms with Gasteiger partial charge in [0.25, 0.3) is 0 Å². The number of hydrogen-bond acceptors (Lipinski definition) is 5. The summed E-state index contributed by atoms with van der Waals surface area (Å²) < 4.78 is 16.5. The molecule has 30 heavy (non-hydrogen) atoms. The molecule has 0 amide bonds. The van der Waals surface area contributed by atoms with Crippen LogP contribution in [0.15, 0.2) is 88.1 Å². The highest BCUT2D eigenvalue weighted by Crippen LogP contribution is 2.25. The summed E-state index contributed by atoms with van der Waals surface area (Å²) in [7, 11) is 0. The predicted molar refractivity (Wildman–Crippen MR) is 115 cm³/mol. The lowest BCUT2D eigenvalue weighted by atomic mass is 10.1. The van der Waals surface area contributed by atoms with Gasteiger partial charge in [0.15, 0.2) is 12.0 Å². The second kappa shape index (κ2) is 8.84. The lowest BCUT2D eigenvalue weighted by Gasteiger charge is -2.08. The highest BCUT2D eigenvalue weighted by Gasteiger charge is 2.10. The van der Waals surface area contributed by atoms with Crippen molar-refractivity contribution in [3.8, 4) is 17.1 Å². The molecule has 0 bridgehead atoms. The fourth-order valence-corrected chi connectivity index (χ4v) is 3.03. The van der Waals surface area contributed by atoms with Gasteiger partial charge in [-0.2, -0.15) is 0 Å². The molecule has 0 saturated heterocycles. The minimum absolute atomic E-state index is 0.178. The highest BCUT2D eigenvalue weighted by atomic mass is 35.5. The third kappa shape index (κ3) is 4.70. The molecule has 150 valence electrons. The van der Waals surface area contributed by atoms with E-state index in [0.29, 0.717) is 27.5 Å². The summed E-state index contributed by atoms with van der Waals surface area (Å²) in [6, 6.07) is 22.7. The Kier molecular flexibility index (Phi) is 5.82. The first-order valence-electron chi connectivity index (χ1n) is 9.25. The number of carbonyl (C=O) groups is 1. The van der Waals surface area contributed by atoms with Crippen molar-refractivity contribution in [2.24, 2.45) is 0 Å². The summed E-state index contributed by atoms with van der Waals surface area (Å²) >= 11 is 5.91. The van der Waals surface area contributed by atoms with Crippen molar-refractivity contribution in [3.05, 3.63) is 99.7 Å². The summed E-state index contributed by atoms with van der Waals surface area (Å²) in [5.74, 6) is 0.331. The van der Waals surface area contributed by atoms with E-state index in [2.05, 4.69) is 0 Å². The van der Waals surface area contributed by atoms with E-state index >= 15 is 0 Å². The van der Waals surface area contributed by atoms with Gasteiger partial charge >= 0.3 is 5.97 Å². The maximum Gasteiger partial charge on any atom is 0.344 e. The zero-order valence-electron chi connectivity index (χ0n) is 15.8. The summed E-state index contributed by atoms with van der Waals surface area (Å²) in [6.07, 6.45) is 0. The van der Waals surface area contributed by atoms with Crippen molar-refractivity contribution in [1.82, 2.24) is 0 Å². The molecule has 5 nitrogen and oxygen atoms in total. The van der Waals surface area contributed by atoms with Crippen LogP contribution in [0, 0.1) is 0 Å². The Bertz CT molecular complexity index is 1230. The highest BCUT2D eigenvalue weighted by molar-refractivity contribution is 6.30. The van der Waals surface area contributed by atoms with E-state index in [9.17, 15) is 9.59 Å². The zero-order chi connectivity index (χ0) is 20.9. The van der Waals surface area contributed by atoms with Crippen LogP contribution in [0.1, 0.15) is 5.56 Å². The van der Waals surface area contributed by atoms with Gasteiger partial charge in [-0.1, -0.05) is 41.9 Å². The van der Waals surface area contributed by atoms with Crippen LogP contribution in [0.25, 0.3) is 22.3 Å². The maximum atomic E-state index is 12.6. The minimum atomic E-state index is -0.496. The molecule has 4 aromatic rings. The fraction of sp³-hybridized carbons (Fsp3) is 0.0833. The molecular weight excluding hydrogens is 404 g/mol. The Morgan fingerprint density at radius 1 is 0.933 bits per heavy atom. The fourth-order valence-electron chi connectivity index (χ4n) is 2.90. The van der Waals surface area contributed by atoms with Gasteiger partial charge in [-0.05, 0) is 48.0 Å². The summed E-state index contributed by atoms with van der Waals surface area (Å²) in [6.45, 7) is -0.0790. The molecule has 0 saturated carbocycles. The van der Waals surface area contributed by atoms with Crippen molar-refractivity contribution < 1.29 is 18.7 Å². The molecular formula is C24H17ClO5.